The average Bonchev–Trinajstić information content (AvgIpc) is 2.23. The lowest BCUT2D eigenvalue weighted by Gasteiger charge is -2.11. The first-order valence-corrected chi connectivity index (χ1v) is 6.00. The molecule has 0 radical (unpaired) electrons. The second kappa shape index (κ2) is 8.96. The molecule has 0 amide bonds. The Bertz CT molecular complexity index is 311. The summed E-state index contributed by atoms with van der Waals surface area (Å²) in [7, 11) is 0. The minimum Gasteiger partial charge on any atom is -0.0949 e. The first-order chi connectivity index (χ1) is 7.65. The highest BCUT2D eigenvalue weighted by atomic mass is 14.1. The van der Waals surface area contributed by atoms with Crippen molar-refractivity contribution in [3.05, 3.63) is 60.3 Å². The van der Waals surface area contributed by atoms with E-state index in [1.165, 1.54) is 12.0 Å². The SMILES string of the molecule is C=C1C=CC=CC1C=C(C)/C=C\C.CCC. The zero-order valence-corrected chi connectivity index (χ0v) is 11.0. The van der Waals surface area contributed by atoms with Gasteiger partial charge in [0, 0.05) is 5.92 Å². The van der Waals surface area contributed by atoms with Crippen LogP contribution in [0.15, 0.2) is 60.3 Å². The Morgan fingerprint density at radius 2 is 2.00 bits per heavy atom. The van der Waals surface area contributed by atoms with Crippen LogP contribution in [0, 0.1) is 5.92 Å². The molecule has 1 aliphatic rings. The monoisotopic (exact) mass is 216 g/mol. The molecule has 0 aromatic carbocycles. The second-order valence-electron chi connectivity index (χ2n) is 3.96. The van der Waals surface area contributed by atoms with E-state index in [-0.39, 0.29) is 0 Å². The van der Waals surface area contributed by atoms with Crippen molar-refractivity contribution in [2.45, 2.75) is 34.1 Å². The minimum absolute atomic E-state index is 0.376. The fraction of sp³-hybridized carbons (Fsp3) is 0.375. The molecule has 1 unspecified atom stereocenters. The lowest BCUT2D eigenvalue weighted by atomic mass is 9.94. The maximum Gasteiger partial charge on any atom is 0.0201 e. The van der Waals surface area contributed by atoms with E-state index in [0.29, 0.717) is 5.92 Å². The van der Waals surface area contributed by atoms with Crippen LogP contribution < -0.4 is 0 Å². The van der Waals surface area contributed by atoms with Crippen LogP contribution in [-0.2, 0) is 0 Å². The Morgan fingerprint density at radius 3 is 2.50 bits per heavy atom. The van der Waals surface area contributed by atoms with E-state index in [1.54, 1.807) is 0 Å². The molecule has 0 saturated heterocycles. The molecule has 1 atom stereocenters. The van der Waals surface area contributed by atoms with E-state index in [1.807, 2.05) is 13.0 Å². The van der Waals surface area contributed by atoms with Crippen molar-refractivity contribution < 1.29 is 0 Å². The molecular formula is C16H24. The summed E-state index contributed by atoms with van der Waals surface area (Å²) in [5.74, 6) is 0.376. The Kier molecular flexibility index (Phi) is 8.24. The Hall–Kier alpha value is -1.30. The predicted molar refractivity (Wildman–Crippen MR) is 75.4 cm³/mol. The van der Waals surface area contributed by atoms with Crippen molar-refractivity contribution in [2.24, 2.45) is 5.92 Å². The van der Waals surface area contributed by atoms with E-state index in [4.69, 9.17) is 0 Å². The first-order valence-electron chi connectivity index (χ1n) is 6.00. The molecule has 0 spiro atoms. The van der Waals surface area contributed by atoms with Crippen LogP contribution in [0.4, 0.5) is 0 Å². The summed E-state index contributed by atoms with van der Waals surface area (Å²) >= 11 is 0. The van der Waals surface area contributed by atoms with Gasteiger partial charge in [-0.25, -0.2) is 0 Å². The summed E-state index contributed by atoms with van der Waals surface area (Å²) in [5, 5.41) is 0. The van der Waals surface area contributed by atoms with Crippen LogP contribution in [0.3, 0.4) is 0 Å². The van der Waals surface area contributed by atoms with E-state index in [0.717, 1.165) is 5.57 Å². The maximum absolute atomic E-state index is 4.00. The molecule has 0 aromatic rings. The number of rotatable bonds is 2. The molecule has 0 fully saturated rings. The lowest BCUT2D eigenvalue weighted by Crippen LogP contribution is -1.97. The number of allylic oxidation sites excluding steroid dienone is 9. The van der Waals surface area contributed by atoms with Gasteiger partial charge < -0.3 is 0 Å². The zero-order valence-electron chi connectivity index (χ0n) is 11.0. The van der Waals surface area contributed by atoms with Crippen LogP contribution in [-0.4, -0.2) is 0 Å². The largest absolute Gasteiger partial charge is 0.0949 e. The van der Waals surface area contributed by atoms with Crippen LogP contribution in [0.25, 0.3) is 0 Å². The third-order valence-corrected chi connectivity index (χ3v) is 2.04. The van der Waals surface area contributed by atoms with Gasteiger partial charge in [0.05, 0.1) is 0 Å². The van der Waals surface area contributed by atoms with Gasteiger partial charge in [-0.3, -0.25) is 0 Å². The van der Waals surface area contributed by atoms with Gasteiger partial charge in [0.25, 0.3) is 0 Å². The zero-order chi connectivity index (χ0) is 12.4. The summed E-state index contributed by atoms with van der Waals surface area (Å²) in [5.41, 5.74) is 2.44. The minimum atomic E-state index is 0.376. The van der Waals surface area contributed by atoms with Crippen molar-refractivity contribution in [1.29, 1.82) is 0 Å². The molecule has 0 aliphatic heterocycles. The van der Waals surface area contributed by atoms with Gasteiger partial charge in [-0.15, -0.1) is 0 Å². The topological polar surface area (TPSA) is 0 Å². The molecule has 1 rings (SSSR count). The van der Waals surface area contributed by atoms with Crippen LogP contribution in [0.5, 0.6) is 0 Å². The van der Waals surface area contributed by atoms with Gasteiger partial charge in [0.15, 0.2) is 0 Å². The van der Waals surface area contributed by atoms with Gasteiger partial charge in [0.1, 0.15) is 0 Å². The van der Waals surface area contributed by atoms with Gasteiger partial charge in [0.2, 0.25) is 0 Å². The molecule has 88 valence electrons. The lowest BCUT2D eigenvalue weighted by molar-refractivity contribution is 0.989. The number of hydrogen-bond donors (Lipinski definition) is 0. The molecule has 16 heavy (non-hydrogen) atoms. The highest BCUT2D eigenvalue weighted by Gasteiger charge is 2.04. The average molecular weight is 216 g/mol. The van der Waals surface area contributed by atoms with Gasteiger partial charge in [-0.05, 0) is 19.4 Å². The normalized spacial score (nSPS) is 19.9. The number of hydrogen-bond acceptors (Lipinski definition) is 0. The van der Waals surface area contributed by atoms with E-state index < -0.39 is 0 Å². The Labute approximate surface area is 101 Å². The molecule has 0 bridgehead atoms. The summed E-state index contributed by atoms with van der Waals surface area (Å²) in [6.07, 6.45) is 16.0. The Balaban J connectivity index is 0.000000673. The molecule has 0 nitrogen and oxygen atoms in total. The van der Waals surface area contributed by atoms with Crippen molar-refractivity contribution in [2.75, 3.05) is 0 Å². The van der Waals surface area contributed by atoms with Gasteiger partial charge in [-0.2, -0.15) is 0 Å². The third-order valence-electron chi connectivity index (χ3n) is 2.04. The summed E-state index contributed by atoms with van der Waals surface area (Å²) in [4.78, 5) is 0. The summed E-state index contributed by atoms with van der Waals surface area (Å²) in [6, 6.07) is 0. The summed E-state index contributed by atoms with van der Waals surface area (Å²) in [6.45, 7) is 12.4. The van der Waals surface area contributed by atoms with E-state index >= 15 is 0 Å². The maximum atomic E-state index is 4.00. The second-order valence-corrected chi connectivity index (χ2v) is 3.96. The van der Waals surface area contributed by atoms with Crippen LogP contribution >= 0.6 is 0 Å². The highest BCUT2D eigenvalue weighted by Crippen LogP contribution is 2.19. The predicted octanol–water partition coefficient (Wildman–Crippen LogP) is 5.22. The van der Waals surface area contributed by atoms with E-state index in [2.05, 4.69) is 63.8 Å². The fourth-order valence-corrected chi connectivity index (χ4v) is 1.36. The fourth-order valence-electron chi connectivity index (χ4n) is 1.36. The molecule has 0 heterocycles. The van der Waals surface area contributed by atoms with Crippen molar-refractivity contribution in [3.8, 4) is 0 Å². The molecule has 0 saturated carbocycles. The highest BCUT2D eigenvalue weighted by molar-refractivity contribution is 5.36. The summed E-state index contributed by atoms with van der Waals surface area (Å²) < 4.78 is 0. The van der Waals surface area contributed by atoms with Crippen molar-refractivity contribution in [3.63, 3.8) is 0 Å². The van der Waals surface area contributed by atoms with Crippen molar-refractivity contribution in [1.82, 2.24) is 0 Å². The van der Waals surface area contributed by atoms with E-state index in [9.17, 15) is 0 Å². The Morgan fingerprint density at radius 1 is 1.38 bits per heavy atom. The standard InChI is InChI=1S/C13H16.C3H8/c1-4-7-11(2)10-13-9-6-5-8-12(13)3;1-3-2/h4-10,13H,3H2,1-2H3;3H2,1-2H3/b7-4-,11-10?;. The molecule has 1 aliphatic carbocycles. The quantitative estimate of drug-likeness (QED) is 0.555. The van der Waals surface area contributed by atoms with Gasteiger partial charge >= 0.3 is 0 Å². The van der Waals surface area contributed by atoms with Crippen LogP contribution in [0.2, 0.25) is 0 Å². The molecular weight excluding hydrogens is 192 g/mol. The first kappa shape index (κ1) is 14.7. The molecule has 0 N–H and O–H groups in total. The van der Waals surface area contributed by atoms with Gasteiger partial charge in [-0.1, -0.05) is 75.0 Å². The van der Waals surface area contributed by atoms with Crippen molar-refractivity contribution >= 4 is 0 Å². The van der Waals surface area contributed by atoms with Crippen LogP contribution in [0.1, 0.15) is 34.1 Å². The third kappa shape index (κ3) is 6.23. The molecule has 0 aromatic heterocycles. The smallest absolute Gasteiger partial charge is 0.0201 e. The molecule has 0 heteroatoms.